The molecule has 434 valence electrons. The number of aliphatic hydroxyl groups is 1. The van der Waals surface area contributed by atoms with Crippen LogP contribution in [0.1, 0.15) is 114 Å². The third kappa shape index (κ3) is 17.7. The lowest BCUT2D eigenvalue weighted by molar-refractivity contribution is -0.137. The zero-order chi connectivity index (χ0) is 57.8. The Morgan fingerprint density at radius 3 is 2.33 bits per heavy atom. The van der Waals surface area contributed by atoms with Crippen LogP contribution in [0.2, 0.25) is 0 Å². The molecule has 0 radical (unpaired) electrons. The van der Waals surface area contributed by atoms with Gasteiger partial charge in [-0.25, -0.2) is 9.79 Å². The van der Waals surface area contributed by atoms with Crippen LogP contribution in [0.25, 0.3) is 6.08 Å². The lowest BCUT2D eigenvalue weighted by Crippen LogP contribution is -2.55. The number of hydrogen-bond donors (Lipinski definition) is 8. The molecule has 0 spiro atoms. The van der Waals surface area contributed by atoms with E-state index in [-0.39, 0.29) is 132 Å². The van der Waals surface area contributed by atoms with Crippen molar-refractivity contribution in [3.8, 4) is 0 Å². The molecule has 4 aliphatic rings. The number of ether oxygens (including phenoxy) is 2. The molecule has 4 heterocycles. The van der Waals surface area contributed by atoms with Crippen LogP contribution in [0.3, 0.4) is 0 Å². The highest BCUT2D eigenvalue weighted by Crippen LogP contribution is 2.50. The zero-order valence-electron chi connectivity index (χ0n) is 46.2. The number of pyridine rings is 1. The van der Waals surface area contributed by atoms with Crippen LogP contribution in [-0.2, 0) is 66.2 Å². The number of unbranched alkanes of at least 4 members (excludes halogenated alkanes) is 2. The van der Waals surface area contributed by atoms with E-state index in [0.717, 1.165) is 28.1 Å². The van der Waals surface area contributed by atoms with Crippen molar-refractivity contribution >= 4 is 76.6 Å². The Bertz CT molecular complexity index is 2660. The molecule has 1 aromatic heterocycles. The molecular formula is C56H78N12O12. The van der Waals surface area contributed by atoms with Crippen molar-refractivity contribution in [1.29, 1.82) is 0 Å². The number of aliphatic hydroxyl groups excluding tert-OH is 1. The molecule has 24 heteroatoms. The van der Waals surface area contributed by atoms with Crippen LogP contribution in [0.5, 0.6) is 0 Å². The summed E-state index contributed by atoms with van der Waals surface area (Å²) in [5.41, 5.74) is 15.5. The van der Waals surface area contributed by atoms with Gasteiger partial charge in [0.25, 0.3) is 11.8 Å². The number of anilines is 1. The quantitative estimate of drug-likeness (QED) is 0.0382. The Kier molecular flexibility index (Phi) is 23.2. The van der Waals surface area contributed by atoms with E-state index in [1.165, 1.54) is 12.2 Å². The number of nitrogens with one attached hydrogen (secondary N) is 5. The molecule has 3 aliphatic heterocycles. The standard InChI is InChI=1S/C56H78N12O12/c1-4-21-66(24-25-69)53(76)38-30-37-11-12-40(33-44(37)63-45(57)32-38)56(17-18-56)54(77)62-41-31-39-35-67(23-15-42(39)61-34-41)47(71)16-26-79-28-29-80-27-20-59-51(74)43(9-8-19-60-55(58)78)64-52(75)50(36(2)3)65-46(70)10-6-5-7-22-68-48(72)13-14-49(68)73/h11-14,30-31,33-34,36,43,50,69H,4-10,15-29,32,35H2,1-3H3,(H2,57,63)(H,59,74)(H,62,77)(H,64,75)(H,65,70)(H3,58,60,78)/t43-,50-/m0/s1. The number of benzene rings is 1. The summed E-state index contributed by atoms with van der Waals surface area (Å²) < 4.78 is 11.3. The predicted octanol–water partition coefficient (Wildman–Crippen LogP) is 1.74. The van der Waals surface area contributed by atoms with E-state index < -0.39 is 35.3 Å². The van der Waals surface area contributed by atoms with E-state index in [1.807, 2.05) is 31.2 Å². The zero-order valence-corrected chi connectivity index (χ0v) is 46.2. The van der Waals surface area contributed by atoms with Gasteiger partial charge < -0.3 is 62.4 Å². The molecule has 1 saturated carbocycles. The first-order valence-corrected chi connectivity index (χ1v) is 27.7. The largest absolute Gasteiger partial charge is 0.395 e. The number of nitrogens with two attached hydrogens (primary N) is 2. The van der Waals surface area contributed by atoms with E-state index in [2.05, 4.69) is 36.6 Å². The van der Waals surface area contributed by atoms with E-state index in [1.54, 1.807) is 35.9 Å². The molecule has 2 atom stereocenters. The van der Waals surface area contributed by atoms with Gasteiger partial charge >= 0.3 is 6.03 Å². The minimum Gasteiger partial charge on any atom is -0.395 e. The highest BCUT2D eigenvalue weighted by atomic mass is 16.5. The smallest absolute Gasteiger partial charge is 0.312 e. The van der Waals surface area contributed by atoms with Crippen molar-refractivity contribution in [3.63, 3.8) is 0 Å². The second-order valence-corrected chi connectivity index (χ2v) is 20.7. The van der Waals surface area contributed by atoms with Crippen LogP contribution >= 0.6 is 0 Å². The molecular weight excluding hydrogens is 1030 g/mol. The Labute approximate surface area is 466 Å². The maximum Gasteiger partial charge on any atom is 0.312 e. The van der Waals surface area contributed by atoms with Crippen LogP contribution < -0.4 is 38.1 Å². The first-order valence-electron chi connectivity index (χ1n) is 27.7. The number of urea groups is 1. The normalized spacial score (nSPS) is 15.9. The topological polar surface area (TPSA) is 339 Å². The number of fused-ring (bicyclic) bond motifs is 2. The van der Waals surface area contributed by atoms with Gasteiger partial charge in [-0.1, -0.05) is 39.3 Å². The highest BCUT2D eigenvalue weighted by Gasteiger charge is 2.51. The number of aliphatic imine (C=N–C) groups is 1. The van der Waals surface area contributed by atoms with Gasteiger partial charge in [0.1, 0.15) is 17.9 Å². The Balaban J connectivity index is 0.892. The molecule has 2 aromatic rings. The van der Waals surface area contributed by atoms with Crippen molar-refractivity contribution in [3.05, 3.63) is 70.6 Å². The van der Waals surface area contributed by atoms with Crippen LogP contribution in [-0.4, -0.2) is 168 Å². The first-order chi connectivity index (χ1) is 38.4. The second kappa shape index (κ2) is 30.1. The second-order valence-electron chi connectivity index (χ2n) is 20.7. The summed E-state index contributed by atoms with van der Waals surface area (Å²) in [4.78, 5) is 129. The molecule has 10 N–H and O–H groups in total. The average molecular weight is 1110 g/mol. The van der Waals surface area contributed by atoms with E-state index >= 15 is 0 Å². The summed E-state index contributed by atoms with van der Waals surface area (Å²) in [6, 6.07) is 4.81. The van der Waals surface area contributed by atoms with Crippen molar-refractivity contribution in [2.24, 2.45) is 22.4 Å². The minimum atomic E-state index is -1.00. The molecule has 10 amide bonds. The lowest BCUT2D eigenvalue weighted by atomic mass is 9.92. The maximum absolute atomic E-state index is 14.0. The lowest BCUT2D eigenvalue weighted by Gasteiger charge is -2.29. The van der Waals surface area contributed by atoms with Crippen LogP contribution in [0.4, 0.5) is 16.2 Å². The maximum atomic E-state index is 14.0. The monoisotopic (exact) mass is 1110 g/mol. The van der Waals surface area contributed by atoms with Gasteiger partial charge in [0.15, 0.2) is 0 Å². The van der Waals surface area contributed by atoms with Gasteiger partial charge in [-0.2, -0.15) is 0 Å². The number of carbonyl (C=O) groups excluding carboxylic acids is 9. The molecule has 0 unspecified atom stereocenters. The summed E-state index contributed by atoms with van der Waals surface area (Å²) in [6.07, 6.45) is 10.9. The Morgan fingerprint density at radius 2 is 1.62 bits per heavy atom. The molecule has 80 heavy (non-hydrogen) atoms. The van der Waals surface area contributed by atoms with Crippen molar-refractivity contribution in [1.82, 2.24) is 41.0 Å². The van der Waals surface area contributed by atoms with E-state index in [4.69, 9.17) is 20.9 Å². The molecule has 1 aliphatic carbocycles. The number of amidine groups is 1. The number of imide groups is 1. The van der Waals surface area contributed by atoms with E-state index in [0.29, 0.717) is 87.1 Å². The van der Waals surface area contributed by atoms with Gasteiger partial charge in [0, 0.05) is 94.1 Å². The number of rotatable bonds is 32. The van der Waals surface area contributed by atoms with Gasteiger partial charge in [-0.05, 0) is 80.2 Å². The fourth-order valence-electron chi connectivity index (χ4n) is 9.69. The number of aromatic nitrogens is 1. The number of nitrogens with zero attached hydrogens (tertiary/aromatic N) is 5. The number of primary amides is 1. The molecule has 1 aromatic carbocycles. The molecule has 0 saturated heterocycles. The van der Waals surface area contributed by atoms with Crippen LogP contribution in [0.15, 0.2) is 53.2 Å². The predicted molar refractivity (Wildman–Crippen MR) is 296 cm³/mol. The SMILES string of the molecule is CCCN(CCO)C(=O)C1=Cc2ccc(C3(C(=O)Nc4cnc5c(c4)CN(C(=O)CCOCCOCCNC(=O)[C@H](CCCNC(N)=O)NC(=O)[C@@H](NC(=O)CCCCCN4C(=O)C=CC4=O)C(C)C)CC5)CC3)cc2N=C(N)C1. The summed E-state index contributed by atoms with van der Waals surface area (Å²) in [7, 11) is 0. The first kappa shape index (κ1) is 61.6. The van der Waals surface area contributed by atoms with Crippen molar-refractivity contribution in [2.45, 2.75) is 122 Å². The average Bonchev–Trinajstić information content (AvgIpc) is 4.42. The van der Waals surface area contributed by atoms with E-state index in [9.17, 15) is 48.3 Å². The Morgan fingerprint density at radius 1 is 0.875 bits per heavy atom. The van der Waals surface area contributed by atoms with Crippen LogP contribution in [0, 0.1) is 5.92 Å². The van der Waals surface area contributed by atoms with Gasteiger partial charge in [-0.3, -0.25) is 48.2 Å². The van der Waals surface area contributed by atoms with Crippen molar-refractivity contribution in [2.75, 3.05) is 77.6 Å². The summed E-state index contributed by atoms with van der Waals surface area (Å²) in [5.74, 6) is -2.63. The highest BCUT2D eigenvalue weighted by molar-refractivity contribution is 6.13. The third-order valence-electron chi connectivity index (χ3n) is 14.2. The Hall–Kier alpha value is -7.57. The number of hydrogen-bond acceptors (Lipinski definition) is 15. The fraction of sp³-hybridized carbons (Fsp3) is 0.554. The molecule has 6 rings (SSSR count). The summed E-state index contributed by atoms with van der Waals surface area (Å²) in [6.45, 7) is 8.09. The van der Waals surface area contributed by atoms with Crippen molar-refractivity contribution < 1.29 is 57.7 Å². The van der Waals surface area contributed by atoms with Gasteiger partial charge in [0.2, 0.25) is 35.4 Å². The fourth-order valence-corrected chi connectivity index (χ4v) is 9.69. The molecule has 0 bridgehead atoms. The summed E-state index contributed by atoms with van der Waals surface area (Å²) in [5, 5.41) is 23.3. The molecule has 1 fully saturated rings. The third-order valence-corrected chi connectivity index (χ3v) is 14.2. The molecule has 24 nitrogen and oxygen atoms in total. The number of amides is 10. The minimum absolute atomic E-state index is 0.0982. The summed E-state index contributed by atoms with van der Waals surface area (Å²) >= 11 is 0. The van der Waals surface area contributed by atoms with Gasteiger partial charge in [0.05, 0.1) is 62.4 Å². The van der Waals surface area contributed by atoms with Gasteiger partial charge in [-0.15, -0.1) is 0 Å². The number of carbonyl (C=O) groups is 9.